The number of hydrogen-bond acceptors (Lipinski definition) is 16. The van der Waals surface area contributed by atoms with E-state index in [4.69, 9.17) is 33.2 Å². The maximum absolute atomic E-state index is 14.1. The van der Waals surface area contributed by atoms with E-state index in [9.17, 15) is 44.1 Å². The number of aliphatic hydroxyl groups is 3. The zero-order valence-corrected chi connectivity index (χ0v) is 34.1. The molecule has 0 saturated carbocycles. The topological polar surface area (TPSA) is 231 Å². The number of hydrogen-bond donors (Lipinski definition) is 3. The van der Waals surface area contributed by atoms with Crippen LogP contribution in [0.5, 0.6) is 0 Å². The Kier molecular flexibility index (Phi) is 13.5. The summed E-state index contributed by atoms with van der Waals surface area (Å²) in [6.07, 6.45) is -16.7. The predicted molar refractivity (Wildman–Crippen MR) is 222 cm³/mol. The summed E-state index contributed by atoms with van der Waals surface area (Å²) in [5.74, 6) is -5.55. The van der Waals surface area contributed by atoms with Gasteiger partial charge in [-0.15, -0.1) is 0 Å². The standard InChI is InChI=1S/C48H41NO16/c50-25-33-36(51)37(52)35(49-41(53)31-23-13-14-24-32(31)42(49)54)47(60-33)65-48-40(64-46(58)30-21-11-4-12-22-30)39(63-45(57)29-19-9-3-10-20-29)38(62-44(56)28-17-7-2-8-18-28)34(61-48)26-59-43(55)27-15-5-1-6-16-27/h1-24,33-40,47-48,50-52H,25-26H2/t33-,34-,35+,36-,37-,38+,39+,40-,47-,48+/m1/s1. The summed E-state index contributed by atoms with van der Waals surface area (Å²) >= 11 is 0. The molecule has 65 heavy (non-hydrogen) atoms. The van der Waals surface area contributed by atoms with E-state index in [-0.39, 0.29) is 33.4 Å². The molecule has 2 fully saturated rings. The maximum atomic E-state index is 14.1. The Morgan fingerprint density at radius 1 is 0.492 bits per heavy atom. The van der Waals surface area contributed by atoms with Gasteiger partial charge in [0.15, 0.2) is 24.6 Å². The van der Waals surface area contributed by atoms with Gasteiger partial charge in [-0.05, 0) is 60.7 Å². The summed E-state index contributed by atoms with van der Waals surface area (Å²) in [6, 6.07) is 34.9. The Morgan fingerprint density at radius 3 is 1.35 bits per heavy atom. The number of rotatable bonds is 13. The van der Waals surface area contributed by atoms with E-state index in [2.05, 4.69) is 0 Å². The Bertz CT molecular complexity index is 2470. The van der Waals surface area contributed by atoms with Gasteiger partial charge in [-0.1, -0.05) is 84.9 Å². The minimum atomic E-state index is -2.02. The Morgan fingerprint density at radius 2 is 0.892 bits per heavy atom. The van der Waals surface area contributed by atoms with E-state index in [1.807, 2.05) is 0 Å². The molecule has 5 aromatic rings. The fourth-order valence-electron chi connectivity index (χ4n) is 7.70. The van der Waals surface area contributed by atoms with Crippen molar-refractivity contribution in [2.24, 2.45) is 0 Å². The van der Waals surface area contributed by atoms with E-state index in [1.165, 1.54) is 72.8 Å². The van der Waals surface area contributed by atoms with Crippen LogP contribution >= 0.6 is 0 Å². The maximum Gasteiger partial charge on any atom is 0.338 e. The lowest BCUT2D eigenvalue weighted by Crippen LogP contribution is -2.68. The van der Waals surface area contributed by atoms with Crippen LogP contribution in [-0.4, -0.2) is 130 Å². The number of fused-ring (bicyclic) bond motifs is 1. The molecular formula is C48H41NO16. The summed E-state index contributed by atoms with van der Waals surface area (Å²) < 4.78 is 42.7. The number of amides is 2. The van der Waals surface area contributed by atoms with Crippen LogP contribution in [0.4, 0.5) is 0 Å². The molecule has 17 heteroatoms. The van der Waals surface area contributed by atoms with Crippen LogP contribution in [0.3, 0.4) is 0 Å². The SMILES string of the molecule is O=C(OC[C@H]1O[C@@H](O[C@H]2O[C@H](CO)[C@@H](O)[C@H](O)[C@@H]2N2C(=O)c3ccccc3C2=O)[C@H](OC(=O)c2ccccc2)[C@@H](OC(=O)c2ccccc2)[C@H]1OC(=O)c1ccccc1)c1ccccc1. The number of carbonyl (C=O) groups excluding carboxylic acids is 6. The van der Waals surface area contributed by atoms with Crippen LogP contribution in [-0.2, 0) is 33.2 Å². The first-order valence-electron chi connectivity index (χ1n) is 20.4. The number of nitrogens with zero attached hydrogens (tertiary/aromatic N) is 1. The van der Waals surface area contributed by atoms with Crippen molar-refractivity contribution in [2.45, 2.75) is 61.3 Å². The molecule has 17 nitrogen and oxygen atoms in total. The largest absolute Gasteiger partial charge is 0.459 e. The molecule has 334 valence electrons. The van der Waals surface area contributed by atoms with Crippen LogP contribution in [0.15, 0.2) is 146 Å². The van der Waals surface area contributed by atoms with Crippen molar-refractivity contribution in [3.05, 3.63) is 179 Å². The molecule has 0 aliphatic carbocycles. The number of benzene rings is 5. The molecule has 5 aromatic carbocycles. The molecule has 2 saturated heterocycles. The number of carbonyl (C=O) groups is 6. The van der Waals surface area contributed by atoms with E-state index in [1.54, 1.807) is 72.8 Å². The summed E-state index contributed by atoms with van der Waals surface area (Å²) in [6.45, 7) is -1.61. The molecule has 3 N–H and O–H groups in total. The molecule has 0 bridgehead atoms. The van der Waals surface area contributed by atoms with Crippen LogP contribution in [0.2, 0.25) is 0 Å². The highest BCUT2D eigenvalue weighted by atomic mass is 16.8. The summed E-state index contributed by atoms with van der Waals surface area (Å²) in [5.41, 5.74) is 0.169. The van der Waals surface area contributed by atoms with Crippen LogP contribution in [0.1, 0.15) is 62.1 Å². The first-order valence-corrected chi connectivity index (χ1v) is 20.4. The third-order valence-electron chi connectivity index (χ3n) is 11.0. The average Bonchev–Trinajstić information content (AvgIpc) is 3.59. The fraction of sp³-hybridized carbons (Fsp3) is 0.250. The normalized spacial score (nSPS) is 26.1. The molecule has 0 aromatic heterocycles. The Hall–Kier alpha value is -7.12. The average molecular weight is 888 g/mol. The van der Waals surface area contributed by atoms with Crippen LogP contribution < -0.4 is 0 Å². The van der Waals surface area contributed by atoms with Crippen molar-refractivity contribution < 1.29 is 77.2 Å². The van der Waals surface area contributed by atoms with Gasteiger partial charge in [0.1, 0.15) is 37.1 Å². The lowest BCUT2D eigenvalue weighted by molar-refractivity contribution is -0.365. The number of esters is 4. The highest BCUT2D eigenvalue weighted by Crippen LogP contribution is 2.37. The molecular weight excluding hydrogens is 847 g/mol. The van der Waals surface area contributed by atoms with Crippen molar-refractivity contribution in [1.29, 1.82) is 0 Å². The van der Waals surface area contributed by atoms with E-state index in [0.717, 1.165) is 0 Å². The summed E-state index contributed by atoms with van der Waals surface area (Å²) in [7, 11) is 0. The minimum absolute atomic E-state index is 0.00726. The smallest absolute Gasteiger partial charge is 0.338 e. The van der Waals surface area contributed by atoms with Gasteiger partial charge in [-0.3, -0.25) is 14.5 Å². The second-order valence-electron chi connectivity index (χ2n) is 15.1. The zero-order chi connectivity index (χ0) is 45.6. The molecule has 0 unspecified atom stereocenters. The summed E-state index contributed by atoms with van der Waals surface area (Å²) in [4.78, 5) is 83.9. The molecule has 3 aliphatic rings. The third kappa shape index (κ3) is 9.42. The molecule has 2 amide bonds. The zero-order valence-electron chi connectivity index (χ0n) is 34.1. The third-order valence-corrected chi connectivity index (χ3v) is 11.0. The second-order valence-corrected chi connectivity index (χ2v) is 15.1. The first kappa shape index (κ1) is 44.5. The van der Waals surface area contributed by atoms with Gasteiger partial charge >= 0.3 is 23.9 Å². The summed E-state index contributed by atoms with van der Waals surface area (Å²) in [5, 5.41) is 33.0. The monoisotopic (exact) mass is 887 g/mol. The minimum Gasteiger partial charge on any atom is -0.459 e. The van der Waals surface area contributed by atoms with Gasteiger partial charge in [0, 0.05) is 0 Å². The quantitative estimate of drug-likeness (QED) is 0.0874. The second kappa shape index (κ2) is 19.7. The van der Waals surface area contributed by atoms with Crippen molar-refractivity contribution in [1.82, 2.24) is 4.90 Å². The van der Waals surface area contributed by atoms with E-state index < -0.39 is 110 Å². The lowest BCUT2D eigenvalue weighted by atomic mass is 9.95. The highest BCUT2D eigenvalue weighted by Gasteiger charge is 2.58. The Labute approximate surface area is 370 Å². The van der Waals surface area contributed by atoms with Crippen molar-refractivity contribution in [3.8, 4) is 0 Å². The first-order chi connectivity index (χ1) is 31.5. The highest BCUT2D eigenvalue weighted by molar-refractivity contribution is 6.21. The fourth-order valence-corrected chi connectivity index (χ4v) is 7.70. The molecule has 3 heterocycles. The van der Waals surface area contributed by atoms with Gasteiger partial charge < -0.3 is 48.5 Å². The van der Waals surface area contributed by atoms with Crippen molar-refractivity contribution >= 4 is 35.7 Å². The van der Waals surface area contributed by atoms with Crippen LogP contribution in [0.25, 0.3) is 0 Å². The predicted octanol–water partition coefficient (Wildman–Crippen LogP) is 3.37. The van der Waals surface area contributed by atoms with Gasteiger partial charge in [-0.2, -0.15) is 0 Å². The molecule has 0 spiro atoms. The molecule has 0 radical (unpaired) electrons. The van der Waals surface area contributed by atoms with E-state index >= 15 is 0 Å². The molecule has 8 rings (SSSR count). The number of ether oxygens (including phenoxy) is 7. The molecule has 3 aliphatic heterocycles. The van der Waals surface area contributed by atoms with Gasteiger partial charge in [-0.25, -0.2) is 19.2 Å². The number of imide groups is 1. The number of aliphatic hydroxyl groups excluding tert-OH is 3. The van der Waals surface area contributed by atoms with Gasteiger partial charge in [0.2, 0.25) is 6.29 Å². The van der Waals surface area contributed by atoms with Gasteiger partial charge in [0.05, 0.1) is 40.0 Å². The van der Waals surface area contributed by atoms with Crippen LogP contribution in [0, 0.1) is 0 Å². The van der Waals surface area contributed by atoms with E-state index in [0.29, 0.717) is 4.90 Å². The Balaban J connectivity index is 1.24. The lowest BCUT2D eigenvalue weighted by Gasteiger charge is -2.48. The molecule has 10 atom stereocenters. The van der Waals surface area contributed by atoms with Crippen molar-refractivity contribution in [3.63, 3.8) is 0 Å². The van der Waals surface area contributed by atoms with Crippen molar-refractivity contribution in [2.75, 3.05) is 13.2 Å². The van der Waals surface area contributed by atoms with Gasteiger partial charge in [0.25, 0.3) is 11.8 Å².